The van der Waals surface area contributed by atoms with Crippen molar-refractivity contribution in [2.45, 2.75) is 71.5 Å². The molecule has 0 aromatic carbocycles. The van der Waals surface area contributed by atoms with E-state index in [1.54, 1.807) is 19.1 Å². The number of ether oxygens (including phenoxy) is 1. The second kappa shape index (κ2) is 15.3. The minimum atomic E-state index is -1.74. The van der Waals surface area contributed by atoms with Gasteiger partial charge < -0.3 is 9.16 Å². The van der Waals surface area contributed by atoms with Gasteiger partial charge in [0, 0.05) is 12.7 Å². The first-order valence-electron chi connectivity index (χ1n) is 10.4. The molecule has 158 valence electrons. The number of carbonyl (C=O) groups excluding carboxylic acids is 1. The van der Waals surface area contributed by atoms with Crippen LogP contribution < -0.4 is 0 Å². The summed E-state index contributed by atoms with van der Waals surface area (Å²) in [7, 11) is -1.74. The molecule has 3 nitrogen and oxygen atoms in total. The lowest BCUT2D eigenvalue weighted by Crippen LogP contribution is -2.47. The van der Waals surface area contributed by atoms with E-state index in [-0.39, 0.29) is 5.97 Å². The summed E-state index contributed by atoms with van der Waals surface area (Å²) in [6.07, 6.45) is 19.7. The van der Waals surface area contributed by atoms with Crippen molar-refractivity contribution in [3.63, 3.8) is 0 Å². The number of carbonyl (C=O) groups is 1. The number of esters is 1. The summed E-state index contributed by atoms with van der Waals surface area (Å²) in [5.74, 6) is -0.319. The fraction of sp³-hybridized carbons (Fsp3) is 0.542. The van der Waals surface area contributed by atoms with Crippen molar-refractivity contribution in [3.8, 4) is 0 Å². The Morgan fingerprint density at radius 1 is 0.786 bits per heavy atom. The summed E-state index contributed by atoms with van der Waals surface area (Å²) in [6, 6.07) is 0. The van der Waals surface area contributed by atoms with Crippen molar-refractivity contribution >= 4 is 14.3 Å². The lowest BCUT2D eigenvalue weighted by Gasteiger charge is -2.42. The van der Waals surface area contributed by atoms with E-state index < -0.39 is 8.32 Å². The average Bonchev–Trinajstić information content (AvgIpc) is 2.61. The predicted molar refractivity (Wildman–Crippen MR) is 124 cm³/mol. The summed E-state index contributed by atoms with van der Waals surface area (Å²) in [5, 5.41) is 0. The molecule has 0 aliphatic heterocycles. The molecule has 0 spiro atoms. The Balaban J connectivity index is 4.26. The third kappa shape index (κ3) is 10.0. The van der Waals surface area contributed by atoms with E-state index >= 15 is 0 Å². The largest absolute Gasteiger partial charge is 0.463 e. The van der Waals surface area contributed by atoms with Gasteiger partial charge in [-0.25, -0.2) is 4.79 Å². The van der Waals surface area contributed by atoms with Gasteiger partial charge in [-0.15, -0.1) is 0 Å². The van der Waals surface area contributed by atoms with Crippen molar-refractivity contribution in [1.82, 2.24) is 0 Å². The van der Waals surface area contributed by atoms with Crippen LogP contribution in [0.2, 0.25) is 16.6 Å². The van der Waals surface area contributed by atoms with Crippen LogP contribution in [0.4, 0.5) is 0 Å². The van der Waals surface area contributed by atoms with Gasteiger partial charge in [0.2, 0.25) is 0 Å². The Bertz CT molecular complexity index is 545. The van der Waals surface area contributed by atoms with Crippen LogP contribution in [0.15, 0.2) is 60.8 Å². The predicted octanol–water partition coefficient (Wildman–Crippen LogP) is 6.91. The molecule has 0 amide bonds. The molecule has 0 bridgehead atoms. The Morgan fingerprint density at radius 2 is 1.25 bits per heavy atom. The molecule has 0 N–H and O–H groups in total. The van der Waals surface area contributed by atoms with Gasteiger partial charge in [0.25, 0.3) is 0 Å². The summed E-state index contributed by atoms with van der Waals surface area (Å²) in [6.45, 7) is 16.9. The number of allylic oxidation sites excluding steroid dienone is 8. The topological polar surface area (TPSA) is 35.5 Å². The van der Waals surface area contributed by atoms with Crippen LogP contribution in [0.3, 0.4) is 0 Å². The molecule has 0 fully saturated rings. The molecule has 0 aromatic rings. The molecule has 0 heterocycles. The quantitative estimate of drug-likeness (QED) is 0.110. The van der Waals surface area contributed by atoms with Crippen molar-refractivity contribution in [2.24, 2.45) is 0 Å². The molecule has 0 aliphatic rings. The van der Waals surface area contributed by atoms with Crippen LogP contribution in [0.1, 0.15) is 54.9 Å². The molecule has 4 heteroatoms. The van der Waals surface area contributed by atoms with E-state index in [4.69, 9.17) is 9.16 Å². The molecule has 0 aliphatic carbocycles. The standard InChI is InChI=1S/C24H40O3Si/c1-8-26-24(25)19-17-15-13-11-9-10-12-14-16-18-20-27-28(21(2)3,22(4)5)23(6)7/h9-17,19,21-23H,8,18,20H2,1-7H3/b11-9+,12-10+,15-13+,16-14+,19-17+. The molecule has 0 rings (SSSR count). The van der Waals surface area contributed by atoms with Crippen molar-refractivity contribution in [1.29, 1.82) is 0 Å². The smallest absolute Gasteiger partial charge is 0.330 e. The van der Waals surface area contributed by atoms with Gasteiger partial charge in [0.15, 0.2) is 8.32 Å². The monoisotopic (exact) mass is 404 g/mol. The molecule has 0 atom stereocenters. The van der Waals surface area contributed by atoms with Crippen molar-refractivity contribution in [2.75, 3.05) is 13.2 Å². The third-order valence-corrected chi connectivity index (χ3v) is 10.9. The molecule has 0 radical (unpaired) electrons. The molecular formula is C24H40O3Si. The summed E-state index contributed by atoms with van der Waals surface area (Å²) < 4.78 is 11.3. The van der Waals surface area contributed by atoms with E-state index in [9.17, 15) is 4.79 Å². The Morgan fingerprint density at radius 3 is 1.71 bits per heavy atom. The number of hydrogen-bond donors (Lipinski definition) is 0. The first-order valence-corrected chi connectivity index (χ1v) is 12.6. The van der Waals surface area contributed by atoms with Gasteiger partial charge in [0.1, 0.15) is 0 Å². The minimum Gasteiger partial charge on any atom is -0.463 e. The lowest BCUT2D eigenvalue weighted by atomic mass is 10.3. The zero-order valence-corrected chi connectivity index (χ0v) is 19.9. The molecule has 0 unspecified atom stereocenters. The SMILES string of the molecule is CCOC(=O)/C=C/C=C/C=C/C=C/C=C/CCO[Si](C(C)C)(C(C)C)C(C)C. The Kier molecular flexibility index (Phi) is 14.4. The highest BCUT2D eigenvalue weighted by Crippen LogP contribution is 2.42. The van der Waals surface area contributed by atoms with Crippen LogP contribution in [-0.2, 0) is 14.0 Å². The molecule has 0 aromatic heterocycles. The van der Waals surface area contributed by atoms with Crippen molar-refractivity contribution < 1.29 is 14.0 Å². The highest BCUT2D eigenvalue weighted by atomic mass is 28.4. The highest BCUT2D eigenvalue weighted by Gasteiger charge is 2.44. The average molecular weight is 405 g/mol. The van der Waals surface area contributed by atoms with Gasteiger partial charge in [0.05, 0.1) is 6.61 Å². The zero-order chi connectivity index (χ0) is 21.4. The molecule has 0 saturated heterocycles. The fourth-order valence-electron chi connectivity index (χ4n) is 3.69. The van der Waals surface area contributed by atoms with Gasteiger partial charge in [-0.2, -0.15) is 0 Å². The summed E-state index contributed by atoms with van der Waals surface area (Å²) in [4.78, 5) is 11.1. The maximum atomic E-state index is 11.1. The van der Waals surface area contributed by atoms with Crippen LogP contribution in [0.25, 0.3) is 0 Å². The van der Waals surface area contributed by atoms with E-state index in [1.807, 2.05) is 30.4 Å². The lowest BCUT2D eigenvalue weighted by molar-refractivity contribution is -0.137. The van der Waals surface area contributed by atoms with Crippen molar-refractivity contribution in [3.05, 3.63) is 60.8 Å². The molecule has 28 heavy (non-hydrogen) atoms. The van der Waals surface area contributed by atoms with E-state index in [0.717, 1.165) is 13.0 Å². The van der Waals surface area contributed by atoms with E-state index in [0.29, 0.717) is 23.2 Å². The van der Waals surface area contributed by atoms with Crippen LogP contribution in [-0.4, -0.2) is 27.5 Å². The van der Waals surface area contributed by atoms with Gasteiger partial charge in [-0.05, 0) is 30.0 Å². The fourth-order valence-corrected chi connectivity index (χ4v) is 9.16. The summed E-state index contributed by atoms with van der Waals surface area (Å²) in [5.41, 5.74) is 1.88. The van der Waals surface area contributed by atoms with Gasteiger partial charge in [-0.1, -0.05) is 96.2 Å². The Labute approximate surface area is 174 Å². The van der Waals surface area contributed by atoms with Gasteiger partial charge in [-0.3, -0.25) is 0 Å². The normalized spacial score (nSPS) is 13.8. The third-order valence-electron chi connectivity index (χ3n) is 4.78. The van der Waals surface area contributed by atoms with Gasteiger partial charge >= 0.3 is 5.97 Å². The highest BCUT2D eigenvalue weighted by molar-refractivity contribution is 6.77. The number of hydrogen-bond acceptors (Lipinski definition) is 3. The van der Waals surface area contributed by atoms with Crippen LogP contribution in [0, 0.1) is 0 Å². The summed E-state index contributed by atoms with van der Waals surface area (Å²) >= 11 is 0. The van der Waals surface area contributed by atoms with E-state index in [1.165, 1.54) is 6.08 Å². The molecular weight excluding hydrogens is 364 g/mol. The number of rotatable bonds is 13. The Hall–Kier alpha value is -1.65. The molecule has 0 saturated carbocycles. The van der Waals surface area contributed by atoms with Crippen LogP contribution >= 0.6 is 0 Å². The van der Waals surface area contributed by atoms with E-state index in [2.05, 4.69) is 53.7 Å². The first-order chi connectivity index (χ1) is 13.3. The zero-order valence-electron chi connectivity index (χ0n) is 18.9. The second-order valence-electron chi connectivity index (χ2n) is 7.65. The minimum absolute atomic E-state index is 0.319. The maximum Gasteiger partial charge on any atom is 0.330 e. The van der Waals surface area contributed by atoms with Crippen LogP contribution in [0.5, 0.6) is 0 Å². The first kappa shape index (κ1) is 26.3. The second-order valence-corrected chi connectivity index (χ2v) is 13.1. The maximum absolute atomic E-state index is 11.1.